The Morgan fingerprint density at radius 2 is 1.70 bits per heavy atom. The molecule has 2 aromatic rings. The summed E-state index contributed by atoms with van der Waals surface area (Å²) in [6.07, 6.45) is 0.906. The van der Waals surface area contributed by atoms with Gasteiger partial charge in [-0.3, -0.25) is 19.2 Å². The summed E-state index contributed by atoms with van der Waals surface area (Å²) in [7, 11) is 0. The first kappa shape index (κ1) is 23.9. The maximum absolute atomic E-state index is 13.3. The van der Waals surface area contributed by atoms with Crippen molar-refractivity contribution in [3.8, 4) is 0 Å². The zero-order valence-corrected chi connectivity index (χ0v) is 18.3. The maximum atomic E-state index is 13.3. The highest BCUT2D eigenvalue weighted by Gasteiger charge is 2.38. The van der Waals surface area contributed by atoms with Gasteiger partial charge in [-0.1, -0.05) is 42.5 Å². The van der Waals surface area contributed by atoms with Crippen LogP contribution in [0.3, 0.4) is 0 Å². The molecule has 0 aliphatic carbocycles. The SMILES string of the molecule is NCC(=O)NCCc1ccc(C(=O)N2CCN(CC(=O)O)C(=O)[C@@H]2Cc2ccccc2)cc1. The number of rotatable bonds is 9. The highest BCUT2D eigenvalue weighted by molar-refractivity contribution is 5.98. The predicted molar refractivity (Wildman–Crippen MR) is 121 cm³/mol. The highest BCUT2D eigenvalue weighted by atomic mass is 16.4. The van der Waals surface area contributed by atoms with Crippen molar-refractivity contribution in [2.24, 2.45) is 5.73 Å². The second-order valence-corrected chi connectivity index (χ2v) is 7.86. The molecule has 1 aliphatic heterocycles. The smallest absolute Gasteiger partial charge is 0.323 e. The van der Waals surface area contributed by atoms with Gasteiger partial charge < -0.3 is 26.0 Å². The molecular weight excluding hydrogens is 424 g/mol. The second-order valence-electron chi connectivity index (χ2n) is 7.86. The minimum absolute atomic E-state index is 0.0595. The van der Waals surface area contributed by atoms with E-state index in [4.69, 9.17) is 10.8 Å². The van der Waals surface area contributed by atoms with Crippen molar-refractivity contribution in [2.45, 2.75) is 18.9 Å². The highest BCUT2D eigenvalue weighted by Crippen LogP contribution is 2.20. The first-order chi connectivity index (χ1) is 15.9. The molecule has 3 rings (SSSR count). The Labute approximate surface area is 192 Å². The number of carbonyl (C=O) groups is 4. The van der Waals surface area contributed by atoms with Crippen LogP contribution in [0.2, 0.25) is 0 Å². The molecule has 1 heterocycles. The van der Waals surface area contributed by atoms with Gasteiger partial charge in [0.2, 0.25) is 11.8 Å². The molecule has 1 saturated heterocycles. The van der Waals surface area contributed by atoms with Crippen LogP contribution in [0.5, 0.6) is 0 Å². The number of nitrogens with zero attached hydrogens (tertiary/aromatic N) is 2. The van der Waals surface area contributed by atoms with Crippen LogP contribution in [0.25, 0.3) is 0 Å². The molecular formula is C24H28N4O5. The normalized spacial score (nSPS) is 15.9. The van der Waals surface area contributed by atoms with E-state index in [0.29, 0.717) is 24.9 Å². The Kier molecular flexibility index (Phi) is 8.15. The van der Waals surface area contributed by atoms with Crippen LogP contribution in [-0.4, -0.2) is 77.4 Å². The van der Waals surface area contributed by atoms with E-state index >= 15 is 0 Å². The molecule has 1 aliphatic rings. The van der Waals surface area contributed by atoms with E-state index < -0.39 is 12.0 Å². The largest absolute Gasteiger partial charge is 0.480 e. The fraction of sp³-hybridized carbons (Fsp3) is 0.333. The van der Waals surface area contributed by atoms with Gasteiger partial charge in [0, 0.05) is 31.6 Å². The van der Waals surface area contributed by atoms with E-state index in [1.165, 1.54) is 9.80 Å². The molecule has 0 spiro atoms. The molecule has 9 nitrogen and oxygen atoms in total. The number of nitrogens with one attached hydrogen (secondary N) is 1. The van der Waals surface area contributed by atoms with Crippen LogP contribution in [-0.2, 0) is 27.2 Å². The third-order valence-electron chi connectivity index (χ3n) is 5.56. The molecule has 9 heteroatoms. The lowest BCUT2D eigenvalue weighted by Gasteiger charge is -2.40. The minimum Gasteiger partial charge on any atom is -0.480 e. The van der Waals surface area contributed by atoms with E-state index in [-0.39, 0.29) is 43.9 Å². The van der Waals surface area contributed by atoms with Crippen molar-refractivity contribution < 1.29 is 24.3 Å². The third kappa shape index (κ3) is 6.39. The molecule has 1 fully saturated rings. The summed E-state index contributed by atoms with van der Waals surface area (Å²) in [6, 6.07) is 15.6. The van der Waals surface area contributed by atoms with Crippen LogP contribution in [0.15, 0.2) is 54.6 Å². The lowest BCUT2D eigenvalue weighted by molar-refractivity contribution is -0.149. The van der Waals surface area contributed by atoms with Crippen LogP contribution in [0, 0.1) is 0 Å². The zero-order chi connectivity index (χ0) is 23.8. The van der Waals surface area contributed by atoms with Gasteiger partial charge in [0.15, 0.2) is 0 Å². The molecule has 0 bridgehead atoms. The van der Waals surface area contributed by atoms with Crippen molar-refractivity contribution in [2.75, 3.05) is 32.7 Å². The van der Waals surface area contributed by atoms with Crippen molar-refractivity contribution >= 4 is 23.7 Å². The lowest BCUT2D eigenvalue weighted by Crippen LogP contribution is -2.60. The number of carboxylic acids is 1. The number of carbonyl (C=O) groups excluding carboxylic acids is 3. The van der Waals surface area contributed by atoms with E-state index in [1.54, 1.807) is 12.1 Å². The van der Waals surface area contributed by atoms with Gasteiger partial charge in [-0.05, 0) is 29.7 Å². The van der Waals surface area contributed by atoms with Crippen LogP contribution in [0.1, 0.15) is 21.5 Å². The van der Waals surface area contributed by atoms with Crippen LogP contribution >= 0.6 is 0 Å². The molecule has 0 unspecified atom stereocenters. The molecule has 174 valence electrons. The Morgan fingerprint density at radius 3 is 2.33 bits per heavy atom. The van der Waals surface area contributed by atoms with Gasteiger partial charge in [0.25, 0.3) is 5.91 Å². The number of carboxylic acid groups (broad SMARTS) is 1. The molecule has 0 radical (unpaired) electrons. The molecule has 3 amide bonds. The summed E-state index contributed by atoms with van der Waals surface area (Å²) in [5.74, 6) is -1.95. The first-order valence-electron chi connectivity index (χ1n) is 10.8. The van der Waals surface area contributed by atoms with Gasteiger partial charge in [-0.15, -0.1) is 0 Å². The van der Waals surface area contributed by atoms with Crippen molar-refractivity contribution in [3.63, 3.8) is 0 Å². The van der Waals surface area contributed by atoms with Crippen LogP contribution < -0.4 is 11.1 Å². The summed E-state index contributed by atoms with van der Waals surface area (Å²) in [6.45, 7) is 0.420. The summed E-state index contributed by atoms with van der Waals surface area (Å²) in [4.78, 5) is 51.6. The van der Waals surface area contributed by atoms with Crippen LogP contribution in [0.4, 0.5) is 0 Å². The Hall–Kier alpha value is -3.72. The first-order valence-corrected chi connectivity index (χ1v) is 10.8. The number of aliphatic carboxylic acids is 1. The number of nitrogens with two attached hydrogens (primary N) is 1. The van der Waals surface area contributed by atoms with Crippen molar-refractivity contribution in [3.05, 3.63) is 71.3 Å². The van der Waals surface area contributed by atoms with Gasteiger partial charge >= 0.3 is 5.97 Å². The fourth-order valence-corrected chi connectivity index (χ4v) is 3.83. The van der Waals surface area contributed by atoms with E-state index in [2.05, 4.69) is 5.32 Å². The molecule has 1 atom stereocenters. The topological polar surface area (TPSA) is 133 Å². The second kappa shape index (κ2) is 11.2. The zero-order valence-electron chi connectivity index (χ0n) is 18.3. The van der Waals surface area contributed by atoms with Crippen molar-refractivity contribution in [1.29, 1.82) is 0 Å². The quantitative estimate of drug-likeness (QED) is 0.501. The summed E-state index contributed by atoms with van der Waals surface area (Å²) in [5.41, 5.74) is 7.55. The van der Waals surface area contributed by atoms with Gasteiger partial charge in [-0.2, -0.15) is 0 Å². The van der Waals surface area contributed by atoms with E-state index in [1.807, 2.05) is 42.5 Å². The molecule has 4 N–H and O–H groups in total. The standard InChI is InChI=1S/C24H28N4O5/c25-15-21(29)26-11-10-17-6-8-19(9-7-17)23(32)28-13-12-27(16-22(30)31)24(33)20(28)14-18-4-2-1-3-5-18/h1-9,20H,10-16,25H2,(H,26,29)(H,30,31)/t20-/m0/s1. The van der Waals surface area contributed by atoms with Gasteiger partial charge in [0.05, 0.1) is 6.54 Å². The van der Waals surface area contributed by atoms with E-state index in [0.717, 1.165) is 11.1 Å². The average molecular weight is 453 g/mol. The molecule has 2 aromatic carbocycles. The number of benzene rings is 2. The summed E-state index contributed by atoms with van der Waals surface area (Å²) >= 11 is 0. The monoisotopic (exact) mass is 452 g/mol. The number of hydrogen-bond donors (Lipinski definition) is 3. The summed E-state index contributed by atoms with van der Waals surface area (Å²) < 4.78 is 0. The number of amides is 3. The van der Waals surface area contributed by atoms with E-state index in [9.17, 15) is 19.2 Å². The Bertz CT molecular complexity index is 994. The number of piperazine rings is 1. The fourth-order valence-electron chi connectivity index (χ4n) is 3.83. The Balaban J connectivity index is 1.74. The molecule has 0 aromatic heterocycles. The molecule has 33 heavy (non-hydrogen) atoms. The lowest BCUT2D eigenvalue weighted by atomic mass is 9.99. The summed E-state index contributed by atoms with van der Waals surface area (Å²) in [5, 5.41) is 11.8. The molecule has 0 saturated carbocycles. The van der Waals surface area contributed by atoms with Gasteiger partial charge in [0.1, 0.15) is 12.6 Å². The minimum atomic E-state index is -1.08. The third-order valence-corrected chi connectivity index (χ3v) is 5.56. The Morgan fingerprint density at radius 1 is 1.00 bits per heavy atom. The predicted octanol–water partition coefficient (Wildman–Crippen LogP) is 0.284. The van der Waals surface area contributed by atoms with Gasteiger partial charge in [-0.25, -0.2) is 0 Å². The maximum Gasteiger partial charge on any atom is 0.323 e. The number of hydrogen-bond acceptors (Lipinski definition) is 5. The average Bonchev–Trinajstić information content (AvgIpc) is 2.82. The van der Waals surface area contributed by atoms with Crippen molar-refractivity contribution in [1.82, 2.24) is 15.1 Å².